The molecule has 0 aromatic heterocycles. The molecule has 0 aliphatic heterocycles. The highest BCUT2D eigenvalue weighted by Crippen LogP contribution is 2.26. The number of hydrogen-bond donors (Lipinski definition) is 2. The van der Waals surface area contributed by atoms with Gasteiger partial charge in [0.2, 0.25) is 0 Å². The first kappa shape index (κ1) is 15.5. The standard InChI is InChI=1S/C15H14Cl2N2O2/c1-20-14-4-9(2-3-13(14)15(18)19)8-21-12-6-10(16)5-11(17)7-12/h2-7H,8H2,1H3,(H3,18,19). The number of rotatable bonds is 5. The molecule has 0 saturated heterocycles. The van der Waals surface area contributed by atoms with Crippen LogP contribution in [0.1, 0.15) is 11.1 Å². The van der Waals surface area contributed by atoms with E-state index in [1.165, 1.54) is 7.11 Å². The third kappa shape index (κ3) is 4.03. The second-order valence-electron chi connectivity index (χ2n) is 4.34. The van der Waals surface area contributed by atoms with Crippen LogP contribution in [0.2, 0.25) is 10.0 Å². The summed E-state index contributed by atoms with van der Waals surface area (Å²) in [6, 6.07) is 10.4. The van der Waals surface area contributed by atoms with E-state index in [1.807, 2.05) is 6.07 Å². The molecule has 0 amide bonds. The fraction of sp³-hybridized carbons (Fsp3) is 0.133. The number of methoxy groups -OCH3 is 1. The Balaban J connectivity index is 2.14. The highest BCUT2D eigenvalue weighted by molar-refractivity contribution is 6.34. The van der Waals surface area contributed by atoms with Crippen LogP contribution in [0.3, 0.4) is 0 Å². The van der Waals surface area contributed by atoms with E-state index in [0.29, 0.717) is 33.7 Å². The lowest BCUT2D eigenvalue weighted by atomic mass is 10.1. The fourth-order valence-electron chi connectivity index (χ4n) is 1.83. The molecule has 0 radical (unpaired) electrons. The normalized spacial score (nSPS) is 10.2. The maximum absolute atomic E-state index is 7.47. The molecule has 6 heteroatoms. The van der Waals surface area contributed by atoms with Crippen molar-refractivity contribution in [1.82, 2.24) is 0 Å². The summed E-state index contributed by atoms with van der Waals surface area (Å²) in [5, 5.41) is 8.50. The molecule has 110 valence electrons. The van der Waals surface area contributed by atoms with E-state index in [0.717, 1.165) is 5.56 Å². The molecule has 2 rings (SSSR count). The van der Waals surface area contributed by atoms with Gasteiger partial charge >= 0.3 is 0 Å². The summed E-state index contributed by atoms with van der Waals surface area (Å²) >= 11 is 11.8. The SMILES string of the molecule is COc1cc(COc2cc(Cl)cc(Cl)c2)ccc1C(=N)N. The summed E-state index contributed by atoms with van der Waals surface area (Å²) in [5.41, 5.74) is 6.91. The summed E-state index contributed by atoms with van der Waals surface area (Å²) in [6.45, 7) is 0.325. The van der Waals surface area contributed by atoms with Gasteiger partial charge in [0.25, 0.3) is 0 Å². The van der Waals surface area contributed by atoms with Crippen LogP contribution in [-0.4, -0.2) is 12.9 Å². The molecule has 0 aliphatic carbocycles. The number of nitrogens with two attached hydrogens (primary N) is 1. The predicted molar refractivity (Wildman–Crippen MR) is 84.8 cm³/mol. The zero-order chi connectivity index (χ0) is 15.4. The first-order valence-electron chi connectivity index (χ1n) is 6.10. The van der Waals surface area contributed by atoms with Crippen LogP contribution in [0, 0.1) is 5.41 Å². The van der Waals surface area contributed by atoms with Crippen molar-refractivity contribution in [2.24, 2.45) is 5.73 Å². The van der Waals surface area contributed by atoms with E-state index in [9.17, 15) is 0 Å². The van der Waals surface area contributed by atoms with Crippen LogP contribution < -0.4 is 15.2 Å². The minimum atomic E-state index is -0.0408. The second kappa shape index (κ2) is 6.70. The lowest BCUT2D eigenvalue weighted by Crippen LogP contribution is -2.12. The predicted octanol–water partition coefficient (Wildman–Crippen LogP) is 3.87. The summed E-state index contributed by atoms with van der Waals surface area (Å²) in [7, 11) is 1.53. The lowest BCUT2D eigenvalue weighted by Gasteiger charge is -2.11. The zero-order valence-corrected chi connectivity index (χ0v) is 12.8. The van der Waals surface area contributed by atoms with Gasteiger partial charge < -0.3 is 15.2 Å². The molecule has 0 saturated carbocycles. The second-order valence-corrected chi connectivity index (χ2v) is 5.22. The van der Waals surface area contributed by atoms with Gasteiger partial charge in [0.1, 0.15) is 23.9 Å². The molecule has 3 N–H and O–H groups in total. The van der Waals surface area contributed by atoms with Crippen molar-refractivity contribution in [3.63, 3.8) is 0 Å². The van der Waals surface area contributed by atoms with Gasteiger partial charge in [0.05, 0.1) is 12.7 Å². The molecule has 0 fully saturated rings. The van der Waals surface area contributed by atoms with Gasteiger partial charge in [0, 0.05) is 10.0 Å². The summed E-state index contributed by atoms with van der Waals surface area (Å²) < 4.78 is 10.9. The Morgan fingerprint density at radius 3 is 2.38 bits per heavy atom. The quantitative estimate of drug-likeness (QED) is 0.648. The molecule has 4 nitrogen and oxygen atoms in total. The number of nitrogen functional groups attached to an aromatic ring is 1. The Labute approximate surface area is 132 Å². The fourth-order valence-corrected chi connectivity index (χ4v) is 2.33. The Morgan fingerprint density at radius 1 is 1.14 bits per heavy atom. The van der Waals surface area contributed by atoms with Crippen LogP contribution in [0.25, 0.3) is 0 Å². The first-order chi connectivity index (χ1) is 9.99. The van der Waals surface area contributed by atoms with Crippen molar-refractivity contribution in [3.8, 4) is 11.5 Å². The maximum atomic E-state index is 7.47. The monoisotopic (exact) mass is 324 g/mol. The van der Waals surface area contributed by atoms with Crippen LogP contribution in [0.5, 0.6) is 11.5 Å². The van der Waals surface area contributed by atoms with Crippen LogP contribution in [0.15, 0.2) is 36.4 Å². The van der Waals surface area contributed by atoms with E-state index >= 15 is 0 Å². The molecule has 0 heterocycles. The van der Waals surface area contributed by atoms with Gasteiger partial charge in [-0.1, -0.05) is 29.3 Å². The number of nitrogens with one attached hydrogen (secondary N) is 1. The molecule has 2 aromatic carbocycles. The molecular weight excluding hydrogens is 311 g/mol. The maximum Gasteiger partial charge on any atom is 0.130 e. The van der Waals surface area contributed by atoms with Crippen molar-refractivity contribution in [2.45, 2.75) is 6.61 Å². The Morgan fingerprint density at radius 2 is 1.81 bits per heavy atom. The van der Waals surface area contributed by atoms with Gasteiger partial charge in [-0.3, -0.25) is 5.41 Å². The van der Waals surface area contributed by atoms with Crippen molar-refractivity contribution >= 4 is 29.0 Å². The number of ether oxygens (including phenoxy) is 2. The minimum absolute atomic E-state index is 0.0408. The molecule has 21 heavy (non-hydrogen) atoms. The van der Waals surface area contributed by atoms with Gasteiger partial charge in [-0.15, -0.1) is 0 Å². The molecule has 2 aromatic rings. The van der Waals surface area contributed by atoms with Crippen molar-refractivity contribution < 1.29 is 9.47 Å². The molecular formula is C15H14Cl2N2O2. The van der Waals surface area contributed by atoms with E-state index < -0.39 is 0 Å². The van der Waals surface area contributed by atoms with Gasteiger partial charge in [0.15, 0.2) is 0 Å². The number of benzene rings is 2. The van der Waals surface area contributed by atoms with Gasteiger partial charge in [-0.2, -0.15) is 0 Å². The number of hydrogen-bond acceptors (Lipinski definition) is 3. The Kier molecular flexibility index (Phi) is 4.94. The molecule has 0 aliphatic rings. The lowest BCUT2D eigenvalue weighted by molar-refractivity contribution is 0.305. The molecule has 0 bridgehead atoms. The average molecular weight is 325 g/mol. The van der Waals surface area contributed by atoms with Crippen molar-refractivity contribution in [2.75, 3.05) is 7.11 Å². The molecule has 0 spiro atoms. The first-order valence-corrected chi connectivity index (χ1v) is 6.85. The Bertz CT molecular complexity index is 654. The Hall–Kier alpha value is -1.91. The van der Waals surface area contributed by atoms with Gasteiger partial charge in [-0.05, 0) is 35.9 Å². The molecule has 0 unspecified atom stereocenters. The topological polar surface area (TPSA) is 68.3 Å². The number of amidine groups is 1. The largest absolute Gasteiger partial charge is 0.496 e. The van der Waals surface area contributed by atoms with E-state index in [2.05, 4.69) is 0 Å². The summed E-state index contributed by atoms with van der Waals surface area (Å²) in [5.74, 6) is 1.08. The number of halogens is 2. The summed E-state index contributed by atoms with van der Waals surface area (Å²) in [4.78, 5) is 0. The zero-order valence-electron chi connectivity index (χ0n) is 11.3. The van der Waals surface area contributed by atoms with Gasteiger partial charge in [-0.25, -0.2) is 0 Å². The van der Waals surface area contributed by atoms with Crippen LogP contribution in [-0.2, 0) is 6.61 Å². The van der Waals surface area contributed by atoms with E-state index in [-0.39, 0.29) is 5.84 Å². The van der Waals surface area contributed by atoms with Crippen molar-refractivity contribution in [3.05, 3.63) is 57.6 Å². The third-order valence-corrected chi connectivity index (χ3v) is 3.23. The average Bonchev–Trinajstić information content (AvgIpc) is 2.43. The third-order valence-electron chi connectivity index (χ3n) is 2.80. The van der Waals surface area contributed by atoms with E-state index in [1.54, 1.807) is 30.3 Å². The highest BCUT2D eigenvalue weighted by Gasteiger charge is 2.08. The summed E-state index contributed by atoms with van der Waals surface area (Å²) in [6.07, 6.45) is 0. The van der Waals surface area contributed by atoms with Crippen LogP contribution >= 0.6 is 23.2 Å². The van der Waals surface area contributed by atoms with Crippen LogP contribution in [0.4, 0.5) is 0 Å². The highest BCUT2D eigenvalue weighted by atomic mass is 35.5. The van der Waals surface area contributed by atoms with E-state index in [4.69, 9.17) is 43.8 Å². The minimum Gasteiger partial charge on any atom is -0.496 e. The van der Waals surface area contributed by atoms with Crippen molar-refractivity contribution in [1.29, 1.82) is 5.41 Å². The molecule has 0 atom stereocenters. The smallest absolute Gasteiger partial charge is 0.130 e.